The first-order chi connectivity index (χ1) is 11.9. The van der Waals surface area contributed by atoms with E-state index in [0.717, 1.165) is 10.4 Å². The van der Waals surface area contributed by atoms with E-state index in [1.54, 1.807) is 24.3 Å². The van der Waals surface area contributed by atoms with Gasteiger partial charge in [0.25, 0.3) is 5.56 Å². The lowest BCUT2D eigenvalue weighted by atomic mass is 10.2. The van der Waals surface area contributed by atoms with Crippen molar-refractivity contribution >= 4 is 39.1 Å². The van der Waals surface area contributed by atoms with Gasteiger partial charge in [0.1, 0.15) is 23.0 Å². The monoisotopic (exact) mass is 378 g/mol. The van der Waals surface area contributed by atoms with E-state index in [1.165, 1.54) is 11.3 Å². The third-order valence-electron chi connectivity index (χ3n) is 3.61. The minimum Gasteiger partial charge on any atom is -0.482 e. The third-order valence-corrected chi connectivity index (χ3v) is 4.95. The van der Waals surface area contributed by atoms with Gasteiger partial charge in [-0.05, 0) is 37.6 Å². The van der Waals surface area contributed by atoms with Crippen molar-refractivity contribution in [3.63, 3.8) is 0 Å². The first-order valence-corrected chi connectivity index (χ1v) is 8.66. The van der Waals surface area contributed by atoms with Crippen LogP contribution in [0.1, 0.15) is 16.3 Å². The zero-order valence-corrected chi connectivity index (χ0v) is 15.2. The number of H-pyrrole nitrogens is 1. The summed E-state index contributed by atoms with van der Waals surface area (Å²) in [5.41, 5.74) is 0.695. The summed E-state index contributed by atoms with van der Waals surface area (Å²) in [5.74, 6) is 0.207. The van der Waals surface area contributed by atoms with Gasteiger partial charge in [-0.3, -0.25) is 4.79 Å². The van der Waals surface area contributed by atoms with Gasteiger partial charge in [0, 0.05) is 9.90 Å². The van der Waals surface area contributed by atoms with Crippen LogP contribution < -0.4 is 10.3 Å². The van der Waals surface area contributed by atoms with E-state index in [1.807, 2.05) is 13.8 Å². The molecule has 0 fully saturated rings. The van der Waals surface area contributed by atoms with Gasteiger partial charge >= 0.3 is 5.97 Å². The van der Waals surface area contributed by atoms with Crippen molar-refractivity contribution in [1.82, 2.24) is 9.97 Å². The molecule has 0 atom stereocenters. The number of hydrogen-bond donors (Lipinski definition) is 1. The molecule has 0 aliphatic carbocycles. The zero-order chi connectivity index (χ0) is 18.0. The molecule has 130 valence electrons. The molecule has 0 aliphatic rings. The van der Waals surface area contributed by atoms with Gasteiger partial charge in [-0.15, -0.1) is 11.3 Å². The van der Waals surface area contributed by atoms with Crippen molar-refractivity contribution in [3.05, 3.63) is 55.9 Å². The predicted molar refractivity (Wildman–Crippen MR) is 96.5 cm³/mol. The second-order valence-corrected chi connectivity index (χ2v) is 7.02. The maximum absolute atomic E-state index is 12.2. The summed E-state index contributed by atoms with van der Waals surface area (Å²) in [5, 5.41) is 1.10. The van der Waals surface area contributed by atoms with Crippen molar-refractivity contribution in [3.8, 4) is 5.75 Å². The van der Waals surface area contributed by atoms with E-state index in [4.69, 9.17) is 21.1 Å². The standard InChI is InChI=1S/C17H15ClN2O4S/c1-9-10(2)25-17-15(9)16(22)19-13(20-17)7-24-14(21)8-23-12-5-3-4-11(18)6-12/h3-6H,7-8H2,1-2H3,(H,19,20,22). The average Bonchev–Trinajstić information content (AvgIpc) is 2.86. The lowest BCUT2D eigenvalue weighted by Gasteiger charge is -2.07. The van der Waals surface area contributed by atoms with E-state index >= 15 is 0 Å². The lowest BCUT2D eigenvalue weighted by molar-refractivity contribution is -0.147. The molecule has 0 unspecified atom stereocenters. The lowest BCUT2D eigenvalue weighted by Crippen LogP contribution is -2.17. The van der Waals surface area contributed by atoms with Crippen LogP contribution in [0.5, 0.6) is 5.75 Å². The van der Waals surface area contributed by atoms with Gasteiger partial charge in [0.2, 0.25) is 0 Å². The van der Waals surface area contributed by atoms with Crippen molar-refractivity contribution < 1.29 is 14.3 Å². The van der Waals surface area contributed by atoms with E-state index in [-0.39, 0.29) is 18.8 Å². The van der Waals surface area contributed by atoms with Crippen molar-refractivity contribution in [1.29, 1.82) is 0 Å². The largest absolute Gasteiger partial charge is 0.482 e. The number of rotatable bonds is 5. The number of carbonyl (C=O) groups is 1. The fraction of sp³-hybridized carbons (Fsp3) is 0.235. The van der Waals surface area contributed by atoms with Gasteiger partial charge < -0.3 is 14.5 Å². The molecule has 3 aromatic rings. The Bertz CT molecular complexity index is 996. The SMILES string of the molecule is Cc1sc2nc(COC(=O)COc3cccc(Cl)c3)[nH]c(=O)c2c1C. The minimum absolute atomic E-state index is 0.126. The number of benzene rings is 1. The molecule has 3 rings (SSSR count). The van der Waals surface area contributed by atoms with Crippen LogP contribution in [0, 0.1) is 13.8 Å². The fourth-order valence-electron chi connectivity index (χ4n) is 2.26. The predicted octanol–water partition coefficient (Wildman–Crippen LogP) is 3.38. The quantitative estimate of drug-likeness (QED) is 0.688. The molecule has 0 spiro atoms. The Balaban J connectivity index is 1.62. The number of halogens is 1. The number of esters is 1. The zero-order valence-electron chi connectivity index (χ0n) is 13.6. The summed E-state index contributed by atoms with van der Waals surface area (Å²) in [6.45, 7) is 3.44. The highest BCUT2D eigenvalue weighted by Gasteiger charge is 2.13. The van der Waals surface area contributed by atoms with Crippen LogP contribution in [0.3, 0.4) is 0 Å². The topological polar surface area (TPSA) is 81.3 Å². The van der Waals surface area contributed by atoms with Gasteiger partial charge in [0.05, 0.1) is 5.39 Å². The van der Waals surface area contributed by atoms with Crippen LogP contribution >= 0.6 is 22.9 Å². The maximum Gasteiger partial charge on any atom is 0.344 e. The highest BCUT2D eigenvalue weighted by atomic mass is 35.5. The number of nitrogens with zero attached hydrogens (tertiary/aromatic N) is 1. The van der Waals surface area contributed by atoms with E-state index in [9.17, 15) is 9.59 Å². The second kappa shape index (κ2) is 7.25. The Morgan fingerprint density at radius 2 is 2.16 bits per heavy atom. The number of aromatic nitrogens is 2. The molecule has 2 aromatic heterocycles. The Morgan fingerprint density at radius 3 is 2.92 bits per heavy atom. The first-order valence-electron chi connectivity index (χ1n) is 7.47. The van der Waals surface area contributed by atoms with Crippen LogP contribution in [-0.2, 0) is 16.1 Å². The summed E-state index contributed by atoms with van der Waals surface area (Å²) in [6, 6.07) is 6.72. The summed E-state index contributed by atoms with van der Waals surface area (Å²) in [6.07, 6.45) is 0. The number of aromatic amines is 1. The van der Waals surface area contributed by atoms with E-state index < -0.39 is 5.97 Å². The van der Waals surface area contributed by atoms with Crippen LogP contribution in [0.2, 0.25) is 5.02 Å². The summed E-state index contributed by atoms with van der Waals surface area (Å²) >= 11 is 7.28. The van der Waals surface area contributed by atoms with E-state index in [0.29, 0.717) is 26.8 Å². The van der Waals surface area contributed by atoms with Crippen LogP contribution in [0.4, 0.5) is 0 Å². The normalized spacial score (nSPS) is 10.8. The second-order valence-electron chi connectivity index (χ2n) is 5.38. The Hall–Kier alpha value is -2.38. The van der Waals surface area contributed by atoms with E-state index in [2.05, 4.69) is 9.97 Å². The number of nitrogens with one attached hydrogen (secondary N) is 1. The first kappa shape index (κ1) is 17.4. The highest BCUT2D eigenvalue weighted by molar-refractivity contribution is 7.18. The summed E-state index contributed by atoms with van der Waals surface area (Å²) in [7, 11) is 0. The van der Waals surface area contributed by atoms with Crippen molar-refractivity contribution in [2.24, 2.45) is 0 Å². The molecule has 0 saturated carbocycles. The highest BCUT2D eigenvalue weighted by Crippen LogP contribution is 2.25. The van der Waals surface area contributed by atoms with Crippen molar-refractivity contribution in [2.75, 3.05) is 6.61 Å². The molecule has 0 amide bonds. The van der Waals surface area contributed by atoms with Gasteiger partial charge in [0.15, 0.2) is 6.61 Å². The molecule has 8 heteroatoms. The molecule has 0 radical (unpaired) electrons. The minimum atomic E-state index is -0.568. The Labute approximate surface area is 152 Å². The number of aryl methyl sites for hydroxylation is 2. The van der Waals surface area contributed by atoms with Crippen molar-refractivity contribution in [2.45, 2.75) is 20.5 Å². The van der Waals surface area contributed by atoms with Gasteiger partial charge in [-0.1, -0.05) is 17.7 Å². The van der Waals surface area contributed by atoms with Gasteiger partial charge in [-0.25, -0.2) is 9.78 Å². The molecule has 1 N–H and O–H groups in total. The molecule has 0 saturated heterocycles. The fourth-order valence-corrected chi connectivity index (χ4v) is 3.49. The molecule has 2 heterocycles. The molecular weight excluding hydrogens is 364 g/mol. The van der Waals surface area contributed by atoms with Crippen LogP contribution in [0.25, 0.3) is 10.2 Å². The maximum atomic E-state index is 12.2. The average molecular weight is 379 g/mol. The molecule has 0 aliphatic heterocycles. The third kappa shape index (κ3) is 4.00. The molecule has 25 heavy (non-hydrogen) atoms. The number of fused-ring (bicyclic) bond motifs is 1. The smallest absolute Gasteiger partial charge is 0.344 e. The molecule has 6 nitrogen and oxygen atoms in total. The number of hydrogen-bond acceptors (Lipinski definition) is 6. The number of carbonyl (C=O) groups excluding carboxylic acids is 1. The molecule has 1 aromatic carbocycles. The van der Waals surface area contributed by atoms with Gasteiger partial charge in [-0.2, -0.15) is 0 Å². The Kier molecular flexibility index (Phi) is 5.06. The molecular formula is C17H15ClN2O4S. The Morgan fingerprint density at radius 1 is 1.36 bits per heavy atom. The van der Waals surface area contributed by atoms with Crippen LogP contribution in [-0.4, -0.2) is 22.5 Å². The van der Waals surface area contributed by atoms with Crippen LogP contribution in [0.15, 0.2) is 29.1 Å². The number of thiophene rings is 1. The summed E-state index contributed by atoms with van der Waals surface area (Å²) < 4.78 is 10.4. The molecule has 0 bridgehead atoms. The number of ether oxygens (including phenoxy) is 2. The summed E-state index contributed by atoms with van der Waals surface area (Å²) in [4.78, 5) is 32.6.